The molecule has 0 amide bonds. The van der Waals surface area contributed by atoms with Gasteiger partial charge in [0.05, 0.1) is 24.4 Å². The normalized spacial score (nSPS) is 23.4. The summed E-state index contributed by atoms with van der Waals surface area (Å²) >= 11 is 0. The highest BCUT2D eigenvalue weighted by Gasteiger charge is 2.42. The van der Waals surface area contributed by atoms with E-state index in [-0.39, 0.29) is 17.7 Å². The van der Waals surface area contributed by atoms with Gasteiger partial charge in [-0.2, -0.15) is 0 Å². The van der Waals surface area contributed by atoms with Crippen molar-refractivity contribution in [2.75, 3.05) is 13.7 Å². The minimum atomic E-state index is -0.330. The molecule has 1 aromatic rings. The SMILES string of the molecule is COC(=O)c1ccc(OCC2CCC3(CCCC3)O2)cc1. The van der Waals surface area contributed by atoms with E-state index in [4.69, 9.17) is 9.47 Å². The van der Waals surface area contributed by atoms with Crippen LogP contribution in [0, 0.1) is 0 Å². The van der Waals surface area contributed by atoms with Gasteiger partial charge in [-0.15, -0.1) is 0 Å². The van der Waals surface area contributed by atoms with E-state index in [1.54, 1.807) is 24.3 Å². The second-order valence-corrected chi connectivity index (χ2v) is 6.00. The summed E-state index contributed by atoms with van der Waals surface area (Å²) in [6, 6.07) is 7.03. The van der Waals surface area contributed by atoms with E-state index in [0.717, 1.165) is 12.2 Å². The van der Waals surface area contributed by atoms with Crippen LogP contribution in [0.2, 0.25) is 0 Å². The Bertz CT molecular complexity index is 488. The van der Waals surface area contributed by atoms with E-state index in [1.807, 2.05) is 0 Å². The van der Waals surface area contributed by atoms with Crippen molar-refractivity contribution in [3.63, 3.8) is 0 Å². The van der Waals surface area contributed by atoms with Gasteiger partial charge in [-0.25, -0.2) is 4.79 Å². The van der Waals surface area contributed by atoms with E-state index in [1.165, 1.54) is 39.2 Å². The van der Waals surface area contributed by atoms with Gasteiger partial charge in [0.15, 0.2) is 0 Å². The van der Waals surface area contributed by atoms with Crippen molar-refractivity contribution in [2.24, 2.45) is 0 Å². The van der Waals surface area contributed by atoms with Crippen LogP contribution in [0.15, 0.2) is 24.3 Å². The third-order valence-corrected chi connectivity index (χ3v) is 4.56. The molecule has 114 valence electrons. The van der Waals surface area contributed by atoms with Gasteiger partial charge in [0.1, 0.15) is 12.4 Å². The lowest BCUT2D eigenvalue weighted by atomic mass is 9.98. The van der Waals surface area contributed by atoms with Crippen LogP contribution in [-0.2, 0) is 9.47 Å². The van der Waals surface area contributed by atoms with Crippen LogP contribution < -0.4 is 4.74 Å². The zero-order chi connectivity index (χ0) is 14.7. The van der Waals surface area contributed by atoms with Crippen LogP contribution >= 0.6 is 0 Å². The van der Waals surface area contributed by atoms with Crippen molar-refractivity contribution in [2.45, 2.75) is 50.2 Å². The molecule has 4 heteroatoms. The Morgan fingerprint density at radius 1 is 1.24 bits per heavy atom. The van der Waals surface area contributed by atoms with Crippen molar-refractivity contribution in [3.05, 3.63) is 29.8 Å². The molecule has 2 fully saturated rings. The zero-order valence-electron chi connectivity index (χ0n) is 12.5. The van der Waals surface area contributed by atoms with E-state index < -0.39 is 0 Å². The molecule has 0 N–H and O–H groups in total. The Morgan fingerprint density at radius 3 is 2.62 bits per heavy atom. The van der Waals surface area contributed by atoms with E-state index >= 15 is 0 Å². The molecule has 1 spiro atoms. The first-order valence-corrected chi connectivity index (χ1v) is 7.70. The molecule has 1 saturated carbocycles. The Morgan fingerprint density at radius 2 is 1.95 bits per heavy atom. The average molecular weight is 290 g/mol. The minimum Gasteiger partial charge on any atom is -0.491 e. The molecular weight excluding hydrogens is 268 g/mol. The number of hydrogen-bond donors (Lipinski definition) is 0. The van der Waals surface area contributed by atoms with Gasteiger partial charge in [-0.3, -0.25) is 0 Å². The summed E-state index contributed by atoms with van der Waals surface area (Å²) in [5, 5.41) is 0. The Labute approximate surface area is 125 Å². The van der Waals surface area contributed by atoms with E-state index in [0.29, 0.717) is 12.2 Å². The molecule has 21 heavy (non-hydrogen) atoms. The number of hydrogen-bond acceptors (Lipinski definition) is 4. The molecule has 1 unspecified atom stereocenters. The second-order valence-electron chi connectivity index (χ2n) is 6.00. The highest BCUT2D eigenvalue weighted by Crippen LogP contribution is 2.43. The fraction of sp³-hybridized carbons (Fsp3) is 0.588. The van der Waals surface area contributed by atoms with Crippen molar-refractivity contribution in [3.8, 4) is 5.75 Å². The van der Waals surface area contributed by atoms with Crippen LogP contribution in [0.1, 0.15) is 48.9 Å². The van der Waals surface area contributed by atoms with E-state index in [9.17, 15) is 4.79 Å². The average Bonchev–Trinajstić information content (AvgIpc) is 3.15. The van der Waals surface area contributed by atoms with Crippen LogP contribution in [0.4, 0.5) is 0 Å². The van der Waals surface area contributed by atoms with Crippen LogP contribution in [0.25, 0.3) is 0 Å². The maximum Gasteiger partial charge on any atom is 0.337 e. The molecule has 4 nitrogen and oxygen atoms in total. The third-order valence-electron chi connectivity index (χ3n) is 4.56. The summed E-state index contributed by atoms with van der Waals surface area (Å²) in [5.74, 6) is 0.433. The van der Waals surface area contributed by atoms with Gasteiger partial charge < -0.3 is 14.2 Å². The zero-order valence-corrected chi connectivity index (χ0v) is 12.5. The summed E-state index contributed by atoms with van der Waals surface area (Å²) in [7, 11) is 1.38. The number of rotatable bonds is 4. The highest BCUT2D eigenvalue weighted by molar-refractivity contribution is 5.89. The number of benzene rings is 1. The summed E-state index contributed by atoms with van der Waals surface area (Å²) in [4.78, 5) is 11.4. The molecule has 1 aliphatic carbocycles. The van der Waals surface area contributed by atoms with Crippen molar-refractivity contribution in [1.82, 2.24) is 0 Å². The minimum absolute atomic E-state index is 0.156. The summed E-state index contributed by atoms with van der Waals surface area (Å²) in [6.07, 6.45) is 7.45. The van der Waals surface area contributed by atoms with Crippen LogP contribution in [0.5, 0.6) is 5.75 Å². The van der Waals surface area contributed by atoms with E-state index in [2.05, 4.69) is 4.74 Å². The largest absolute Gasteiger partial charge is 0.491 e. The molecule has 1 aromatic carbocycles. The first-order chi connectivity index (χ1) is 10.2. The molecule has 1 saturated heterocycles. The molecule has 0 aromatic heterocycles. The number of carbonyl (C=O) groups excluding carboxylic acids is 1. The van der Waals surface area contributed by atoms with Gasteiger partial charge >= 0.3 is 5.97 Å². The predicted molar refractivity (Wildman–Crippen MR) is 78.6 cm³/mol. The number of esters is 1. The molecule has 0 radical (unpaired) electrons. The Kier molecular flexibility index (Phi) is 4.15. The molecule has 3 rings (SSSR count). The molecular formula is C17H22O4. The smallest absolute Gasteiger partial charge is 0.337 e. The lowest BCUT2D eigenvalue weighted by Gasteiger charge is -2.23. The molecule has 2 aliphatic rings. The quantitative estimate of drug-likeness (QED) is 0.798. The van der Waals surface area contributed by atoms with Gasteiger partial charge in [0.25, 0.3) is 0 Å². The Balaban J connectivity index is 1.50. The highest BCUT2D eigenvalue weighted by atomic mass is 16.6. The lowest BCUT2D eigenvalue weighted by molar-refractivity contribution is -0.0508. The standard InChI is InChI=1S/C17H22O4/c1-19-16(18)13-4-6-14(7-5-13)20-12-15-8-11-17(21-15)9-2-3-10-17/h4-7,15H,2-3,8-12H2,1H3. The fourth-order valence-corrected chi connectivity index (χ4v) is 3.39. The molecule has 1 aliphatic heterocycles. The number of ether oxygens (including phenoxy) is 3. The fourth-order valence-electron chi connectivity index (χ4n) is 3.39. The lowest BCUT2D eigenvalue weighted by Crippen LogP contribution is -2.27. The summed E-state index contributed by atoms with van der Waals surface area (Å²) in [6.45, 7) is 0.583. The maximum absolute atomic E-state index is 11.4. The van der Waals surface area contributed by atoms with Crippen molar-refractivity contribution in [1.29, 1.82) is 0 Å². The Hall–Kier alpha value is -1.55. The molecule has 0 bridgehead atoms. The number of carbonyl (C=O) groups is 1. The monoisotopic (exact) mass is 290 g/mol. The third kappa shape index (κ3) is 3.21. The molecule has 1 heterocycles. The van der Waals surface area contributed by atoms with Crippen LogP contribution in [0.3, 0.4) is 0 Å². The predicted octanol–water partition coefficient (Wildman–Crippen LogP) is 3.34. The topological polar surface area (TPSA) is 44.8 Å². The first kappa shape index (κ1) is 14.4. The second kappa shape index (κ2) is 6.06. The van der Waals surface area contributed by atoms with Crippen LogP contribution in [-0.4, -0.2) is 31.4 Å². The summed E-state index contributed by atoms with van der Waals surface area (Å²) < 4.78 is 16.7. The van der Waals surface area contributed by atoms with Crippen molar-refractivity contribution < 1.29 is 19.0 Å². The van der Waals surface area contributed by atoms with Gasteiger partial charge in [-0.1, -0.05) is 12.8 Å². The van der Waals surface area contributed by atoms with Gasteiger partial charge in [-0.05, 0) is 49.9 Å². The maximum atomic E-state index is 11.4. The van der Waals surface area contributed by atoms with Gasteiger partial charge in [0, 0.05) is 0 Å². The first-order valence-electron chi connectivity index (χ1n) is 7.70. The van der Waals surface area contributed by atoms with Crippen molar-refractivity contribution >= 4 is 5.97 Å². The van der Waals surface area contributed by atoms with Gasteiger partial charge in [0.2, 0.25) is 0 Å². The molecule has 1 atom stereocenters. The number of methoxy groups -OCH3 is 1. The summed E-state index contributed by atoms with van der Waals surface area (Å²) in [5.41, 5.74) is 0.690.